The summed E-state index contributed by atoms with van der Waals surface area (Å²) < 4.78 is 16.2. The van der Waals surface area contributed by atoms with Crippen molar-refractivity contribution in [1.29, 1.82) is 0 Å². The third kappa shape index (κ3) is 4.95. The first kappa shape index (κ1) is 26.3. The van der Waals surface area contributed by atoms with Crippen LogP contribution in [0.15, 0.2) is 64.8 Å². The molecule has 0 amide bonds. The van der Waals surface area contributed by atoms with Gasteiger partial charge in [0.1, 0.15) is 11.7 Å². The first-order chi connectivity index (χ1) is 17.8. The van der Waals surface area contributed by atoms with E-state index < -0.39 is 35.6 Å². The highest BCUT2D eigenvalue weighted by Crippen LogP contribution is 2.49. The molecule has 7 nitrogen and oxygen atoms in total. The fourth-order valence-electron chi connectivity index (χ4n) is 5.61. The number of methoxy groups -OCH3 is 1. The van der Waals surface area contributed by atoms with E-state index in [1.165, 1.54) is 0 Å². The van der Waals surface area contributed by atoms with Gasteiger partial charge in [0, 0.05) is 23.2 Å². The van der Waals surface area contributed by atoms with Crippen LogP contribution in [0.4, 0.5) is 0 Å². The van der Waals surface area contributed by atoms with Crippen molar-refractivity contribution in [3.05, 3.63) is 76.5 Å². The quantitative estimate of drug-likeness (QED) is 0.393. The number of nitrogens with zero attached hydrogens (tertiary/aromatic N) is 1. The average Bonchev–Trinajstić information content (AvgIpc) is 2.88. The molecular formula is C30H33NO6. The van der Waals surface area contributed by atoms with Crippen LogP contribution in [-0.2, 0) is 23.9 Å². The minimum absolute atomic E-state index is 0.160. The molecular weight excluding hydrogens is 470 g/mol. The summed E-state index contributed by atoms with van der Waals surface area (Å²) >= 11 is 0. The Morgan fingerprint density at radius 3 is 2.38 bits per heavy atom. The molecule has 37 heavy (non-hydrogen) atoms. The zero-order valence-electron chi connectivity index (χ0n) is 21.9. The molecule has 1 heterocycles. The van der Waals surface area contributed by atoms with Crippen molar-refractivity contribution in [3.8, 4) is 5.75 Å². The molecule has 194 valence electrons. The number of carbonyl (C=O) groups excluding carboxylic acids is 3. The van der Waals surface area contributed by atoms with Gasteiger partial charge in [0.25, 0.3) is 0 Å². The number of carbonyl (C=O) groups is 3. The Kier molecular flexibility index (Phi) is 7.91. The molecule has 2 aliphatic rings. The maximum absolute atomic E-state index is 14.4. The van der Waals surface area contributed by atoms with Crippen LogP contribution in [-0.4, -0.2) is 43.8 Å². The van der Waals surface area contributed by atoms with Crippen molar-refractivity contribution in [2.24, 2.45) is 16.8 Å². The van der Waals surface area contributed by atoms with E-state index in [-0.39, 0.29) is 19.0 Å². The van der Waals surface area contributed by atoms with E-state index in [9.17, 15) is 14.4 Å². The maximum Gasteiger partial charge on any atom is 0.336 e. The molecule has 7 heteroatoms. The van der Waals surface area contributed by atoms with E-state index in [2.05, 4.69) is 0 Å². The predicted molar refractivity (Wildman–Crippen MR) is 140 cm³/mol. The molecule has 0 radical (unpaired) electrons. The standard InChI is InChI=1S/C30H33NO6/c1-6-36-29(33)24-18(4)31-23-16-22(19-12-10-13-20(15-19)35-5)26(30(34)37-7-2)28(32)27(23)25(24)21-14-9-8-11-17(21)3/h8-15,22,25-27H,6-7,16H2,1-5H3/t22-,25-,26+,27?/m1/s1. The summed E-state index contributed by atoms with van der Waals surface area (Å²) in [7, 11) is 1.58. The maximum atomic E-state index is 14.4. The van der Waals surface area contributed by atoms with Crippen LogP contribution < -0.4 is 4.74 Å². The minimum Gasteiger partial charge on any atom is -0.497 e. The molecule has 0 N–H and O–H groups in total. The van der Waals surface area contributed by atoms with E-state index in [1.807, 2.05) is 55.5 Å². The Labute approximate surface area is 217 Å². The summed E-state index contributed by atoms with van der Waals surface area (Å²) in [6.45, 7) is 7.56. The highest BCUT2D eigenvalue weighted by molar-refractivity contribution is 6.17. The normalized spacial score (nSPS) is 23.2. The van der Waals surface area contributed by atoms with Gasteiger partial charge in [-0.25, -0.2) is 4.79 Å². The van der Waals surface area contributed by atoms with Crippen LogP contribution in [0.1, 0.15) is 55.7 Å². The molecule has 1 saturated carbocycles. The number of hydrogen-bond donors (Lipinski definition) is 0. The molecule has 1 fully saturated rings. The average molecular weight is 504 g/mol. The lowest BCUT2D eigenvalue weighted by Gasteiger charge is -2.41. The second-order valence-corrected chi connectivity index (χ2v) is 9.35. The van der Waals surface area contributed by atoms with Crippen LogP contribution in [0.5, 0.6) is 5.75 Å². The number of aryl methyl sites for hydroxylation is 1. The van der Waals surface area contributed by atoms with Crippen molar-refractivity contribution in [2.75, 3.05) is 20.3 Å². The number of allylic oxidation sites excluding steroid dienone is 1. The van der Waals surface area contributed by atoms with Gasteiger partial charge in [0.2, 0.25) is 0 Å². The van der Waals surface area contributed by atoms with Gasteiger partial charge < -0.3 is 14.2 Å². The Morgan fingerprint density at radius 1 is 0.973 bits per heavy atom. The Bertz CT molecular complexity index is 1280. The van der Waals surface area contributed by atoms with E-state index in [1.54, 1.807) is 27.9 Å². The third-order valence-corrected chi connectivity index (χ3v) is 7.23. The van der Waals surface area contributed by atoms with Crippen molar-refractivity contribution >= 4 is 23.4 Å². The summed E-state index contributed by atoms with van der Waals surface area (Å²) in [6, 6.07) is 15.1. The van der Waals surface area contributed by atoms with Gasteiger partial charge in [-0.1, -0.05) is 36.4 Å². The van der Waals surface area contributed by atoms with E-state index in [0.717, 1.165) is 16.7 Å². The van der Waals surface area contributed by atoms with Crippen LogP contribution in [0.3, 0.4) is 0 Å². The molecule has 0 bridgehead atoms. The molecule has 1 aliphatic carbocycles. The molecule has 0 spiro atoms. The number of aliphatic imine (C=N–C) groups is 1. The number of benzene rings is 2. The molecule has 4 atom stereocenters. The number of esters is 2. The number of Topliss-reactive ketones (excluding diaryl/α,β-unsaturated/α-hetero) is 1. The first-order valence-electron chi connectivity index (χ1n) is 12.7. The monoisotopic (exact) mass is 503 g/mol. The molecule has 1 aliphatic heterocycles. The minimum atomic E-state index is -1.04. The van der Waals surface area contributed by atoms with Crippen molar-refractivity contribution in [2.45, 2.75) is 46.0 Å². The summed E-state index contributed by atoms with van der Waals surface area (Å²) in [6.07, 6.45) is 0.378. The van der Waals surface area contributed by atoms with Gasteiger partial charge in [-0.3, -0.25) is 14.6 Å². The lowest BCUT2D eigenvalue weighted by molar-refractivity contribution is -0.153. The SMILES string of the molecule is CCOC(=O)C1=C(C)N=C2C[C@H](c3cccc(OC)c3)[C@H](C(=O)OCC)C(=O)C2[C@@H]1c1ccccc1C. The van der Waals surface area contributed by atoms with E-state index in [4.69, 9.17) is 19.2 Å². The van der Waals surface area contributed by atoms with Gasteiger partial charge in [0.15, 0.2) is 5.78 Å². The van der Waals surface area contributed by atoms with Crippen molar-refractivity contribution in [1.82, 2.24) is 0 Å². The zero-order valence-corrected chi connectivity index (χ0v) is 21.9. The second-order valence-electron chi connectivity index (χ2n) is 9.35. The Morgan fingerprint density at radius 2 is 1.70 bits per heavy atom. The van der Waals surface area contributed by atoms with E-state index >= 15 is 0 Å². The van der Waals surface area contributed by atoms with Crippen LogP contribution in [0, 0.1) is 18.8 Å². The molecule has 2 aromatic rings. The van der Waals surface area contributed by atoms with Gasteiger partial charge in [-0.05, 0) is 62.9 Å². The van der Waals surface area contributed by atoms with Crippen LogP contribution in [0.2, 0.25) is 0 Å². The summed E-state index contributed by atoms with van der Waals surface area (Å²) in [5.41, 5.74) is 4.15. The number of hydrogen-bond acceptors (Lipinski definition) is 7. The van der Waals surface area contributed by atoms with Gasteiger partial charge in [-0.2, -0.15) is 0 Å². The van der Waals surface area contributed by atoms with Crippen LogP contribution >= 0.6 is 0 Å². The zero-order chi connectivity index (χ0) is 26.7. The summed E-state index contributed by atoms with van der Waals surface area (Å²) in [5, 5.41) is 0. The topological polar surface area (TPSA) is 91.3 Å². The Hall–Kier alpha value is -3.74. The molecule has 2 aromatic carbocycles. The number of ketones is 1. The summed E-state index contributed by atoms with van der Waals surface area (Å²) in [4.78, 5) is 45.6. The number of rotatable bonds is 7. The smallest absolute Gasteiger partial charge is 0.336 e. The van der Waals surface area contributed by atoms with Gasteiger partial charge in [0.05, 0.1) is 31.8 Å². The van der Waals surface area contributed by atoms with Gasteiger partial charge in [-0.15, -0.1) is 0 Å². The fourth-order valence-corrected chi connectivity index (χ4v) is 5.61. The second kappa shape index (κ2) is 11.1. The highest BCUT2D eigenvalue weighted by atomic mass is 16.5. The molecule has 1 unspecified atom stereocenters. The summed E-state index contributed by atoms with van der Waals surface area (Å²) in [5.74, 6) is -3.60. The van der Waals surface area contributed by atoms with Crippen LogP contribution in [0.25, 0.3) is 0 Å². The predicted octanol–water partition coefficient (Wildman–Crippen LogP) is 4.93. The van der Waals surface area contributed by atoms with Crippen molar-refractivity contribution in [3.63, 3.8) is 0 Å². The number of fused-ring (bicyclic) bond motifs is 1. The largest absolute Gasteiger partial charge is 0.497 e. The lowest BCUT2D eigenvalue weighted by Crippen LogP contribution is -2.49. The molecule has 0 aromatic heterocycles. The lowest BCUT2D eigenvalue weighted by atomic mass is 9.62. The Balaban J connectivity index is 1.91. The molecule has 0 saturated heterocycles. The molecule has 4 rings (SSSR count). The number of ether oxygens (including phenoxy) is 3. The van der Waals surface area contributed by atoms with Crippen molar-refractivity contribution < 1.29 is 28.6 Å². The first-order valence-corrected chi connectivity index (χ1v) is 12.7. The fraction of sp³-hybridized carbons (Fsp3) is 0.400. The van der Waals surface area contributed by atoms with Gasteiger partial charge >= 0.3 is 11.9 Å². The highest BCUT2D eigenvalue weighted by Gasteiger charge is 2.53. The third-order valence-electron chi connectivity index (χ3n) is 7.23. The van der Waals surface area contributed by atoms with E-state index in [0.29, 0.717) is 29.2 Å².